The second kappa shape index (κ2) is 14.8. The van der Waals surface area contributed by atoms with Crippen molar-refractivity contribution >= 4 is 11.9 Å². The number of hydrogen-bond acceptors (Lipinski definition) is 8. The Morgan fingerprint density at radius 1 is 0.719 bits per heavy atom. The first-order valence-electron chi connectivity index (χ1n) is 11.8. The number of carboxylic acids is 2. The minimum atomic E-state index is -0.732. The zero-order valence-electron chi connectivity index (χ0n) is 18.9. The Balaban J connectivity index is 1.39. The summed E-state index contributed by atoms with van der Waals surface area (Å²) in [4.78, 5) is 26.1. The third-order valence-corrected chi connectivity index (χ3v) is 6.26. The highest BCUT2D eigenvalue weighted by atomic mass is 16.5. The van der Waals surface area contributed by atoms with Crippen LogP contribution in [0.1, 0.15) is 38.5 Å². The first-order chi connectivity index (χ1) is 15.3. The number of aliphatic hydroxyl groups excluding tert-OH is 2. The number of β-amino-alcohol motifs (C(OH)–C–C–N with tert-alkyl or cyclic N) is 2. The Labute approximate surface area is 190 Å². The molecule has 2 rings (SSSR count). The van der Waals surface area contributed by atoms with Gasteiger partial charge in [-0.2, -0.15) is 0 Å². The second-order valence-electron chi connectivity index (χ2n) is 8.99. The zero-order chi connectivity index (χ0) is 23.3. The normalized spacial score (nSPS) is 21.4. The van der Waals surface area contributed by atoms with Gasteiger partial charge in [0.15, 0.2) is 0 Å². The summed E-state index contributed by atoms with van der Waals surface area (Å²) in [5.41, 5.74) is 0. The van der Waals surface area contributed by atoms with Gasteiger partial charge in [0, 0.05) is 26.3 Å². The van der Waals surface area contributed by atoms with Crippen LogP contribution in [-0.2, 0) is 19.1 Å². The fourth-order valence-electron chi connectivity index (χ4n) is 4.27. The van der Waals surface area contributed by atoms with Crippen LogP contribution in [0.25, 0.3) is 0 Å². The fourth-order valence-corrected chi connectivity index (χ4v) is 4.27. The lowest BCUT2D eigenvalue weighted by molar-refractivity contribution is -0.144. The highest BCUT2D eigenvalue weighted by Gasteiger charge is 2.26. The van der Waals surface area contributed by atoms with Gasteiger partial charge >= 0.3 is 11.9 Å². The molecule has 32 heavy (non-hydrogen) atoms. The second-order valence-corrected chi connectivity index (χ2v) is 8.99. The average molecular weight is 461 g/mol. The summed E-state index contributed by atoms with van der Waals surface area (Å²) in [5.74, 6) is -1.99. The number of unbranched alkanes of at least 4 members (excludes halogenated alkanes) is 1. The van der Waals surface area contributed by atoms with Gasteiger partial charge in [0.2, 0.25) is 0 Å². The van der Waals surface area contributed by atoms with Gasteiger partial charge in [-0.25, -0.2) is 0 Å². The first-order valence-corrected chi connectivity index (χ1v) is 11.8. The Morgan fingerprint density at radius 3 is 1.38 bits per heavy atom. The maximum absolute atomic E-state index is 11.0. The predicted octanol–water partition coefficient (Wildman–Crippen LogP) is 0.115. The Morgan fingerprint density at radius 2 is 1.06 bits per heavy atom. The molecule has 0 amide bonds. The van der Waals surface area contributed by atoms with E-state index in [-0.39, 0.29) is 25.0 Å². The van der Waals surface area contributed by atoms with Gasteiger partial charge in [-0.15, -0.1) is 0 Å². The van der Waals surface area contributed by atoms with Gasteiger partial charge in [-0.05, 0) is 64.7 Å². The van der Waals surface area contributed by atoms with Crippen molar-refractivity contribution in [3.8, 4) is 0 Å². The van der Waals surface area contributed by atoms with E-state index < -0.39 is 24.1 Å². The van der Waals surface area contributed by atoms with Crippen LogP contribution in [0.15, 0.2) is 0 Å². The molecular formula is C22H40N2O8. The van der Waals surface area contributed by atoms with E-state index >= 15 is 0 Å². The molecule has 2 atom stereocenters. The van der Waals surface area contributed by atoms with E-state index in [0.717, 1.165) is 12.8 Å². The van der Waals surface area contributed by atoms with Crippen LogP contribution in [0.3, 0.4) is 0 Å². The van der Waals surface area contributed by atoms with E-state index in [9.17, 15) is 19.8 Å². The summed E-state index contributed by atoms with van der Waals surface area (Å²) in [7, 11) is 0. The molecule has 2 saturated heterocycles. The van der Waals surface area contributed by atoms with Crippen molar-refractivity contribution in [1.82, 2.24) is 9.80 Å². The SMILES string of the molecule is O=C(O)C1CCN(CC(O)COCCCCOCC(O)CN2CCC(C(=O)O)CC2)CC1. The molecule has 0 spiro atoms. The zero-order valence-corrected chi connectivity index (χ0v) is 18.9. The van der Waals surface area contributed by atoms with Crippen molar-refractivity contribution in [2.24, 2.45) is 11.8 Å². The topological polar surface area (TPSA) is 140 Å². The van der Waals surface area contributed by atoms with E-state index in [4.69, 9.17) is 19.7 Å². The maximum Gasteiger partial charge on any atom is 0.306 e. The molecule has 0 aromatic carbocycles. The Bertz CT molecular complexity index is 500. The summed E-state index contributed by atoms with van der Waals surface area (Å²) in [5, 5.41) is 38.2. The Kier molecular flexibility index (Phi) is 12.4. The van der Waals surface area contributed by atoms with Crippen LogP contribution in [0, 0.1) is 11.8 Å². The lowest BCUT2D eigenvalue weighted by Gasteiger charge is -2.31. The monoisotopic (exact) mass is 460 g/mol. The predicted molar refractivity (Wildman–Crippen MR) is 116 cm³/mol. The van der Waals surface area contributed by atoms with Crippen LogP contribution in [0.5, 0.6) is 0 Å². The van der Waals surface area contributed by atoms with E-state index in [1.54, 1.807) is 0 Å². The molecule has 4 N–H and O–H groups in total. The summed E-state index contributed by atoms with van der Waals surface area (Å²) in [6.07, 6.45) is 2.95. The van der Waals surface area contributed by atoms with Crippen LogP contribution in [0.4, 0.5) is 0 Å². The number of hydrogen-bond donors (Lipinski definition) is 4. The highest BCUT2D eigenvalue weighted by molar-refractivity contribution is 5.70. The van der Waals surface area contributed by atoms with Crippen molar-refractivity contribution in [2.75, 3.05) is 65.7 Å². The van der Waals surface area contributed by atoms with Gasteiger partial charge in [-0.1, -0.05) is 0 Å². The molecule has 2 aliphatic heterocycles. The van der Waals surface area contributed by atoms with Crippen LogP contribution >= 0.6 is 0 Å². The van der Waals surface area contributed by atoms with Crippen molar-refractivity contribution in [1.29, 1.82) is 0 Å². The number of aliphatic hydroxyl groups is 2. The fraction of sp³-hybridized carbons (Fsp3) is 0.909. The molecule has 0 aromatic heterocycles. The van der Waals surface area contributed by atoms with E-state index in [1.165, 1.54) is 0 Å². The van der Waals surface area contributed by atoms with Gasteiger partial charge in [-0.3, -0.25) is 9.59 Å². The quantitative estimate of drug-likeness (QED) is 0.249. The average Bonchev–Trinajstić information content (AvgIpc) is 2.76. The molecule has 10 nitrogen and oxygen atoms in total. The lowest BCUT2D eigenvalue weighted by atomic mass is 9.97. The molecular weight excluding hydrogens is 420 g/mol. The molecule has 2 unspecified atom stereocenters. The number of carboxylic acid groups (broad SMARTS) is 2. The van der Waals surface area contributed by atoms with Crippen LogP contribution in [0.2, 0.25) is 0 Å². The molecule has 2 fully saturated rings. The summed E-state index contributed by atoms with van der Waals surface area (Å²) >= 11 is 0. The van der Waals surface area contributed by atoms with Crippen LogP contribution in [-0.4, -0.2) is 120 Å². The molecule has 2 heterocycles. The molecule has 0 aliphatic carbocycles. The standard InChI is InChI=1S/C22H40N2O8/c25-19(13-23-7-3-17(4-8-23)21(27)28)15-31-11-1-2-12-32-16-20(26)14-24-9-5-18(6-10-24)22(29)30/h17-20,25-26H,1-16H2,(H,27,28)(H,29,30). The van der Waals surface area contributed by atoms with Gasteiger partial charge in [0.1, 0.15) is 0 Å². The number of nitrogens with zero attached hydrogens (tertiary/aromatic N) is 2. The van der Waals surface area contributed by atoms with Crippen molar-refractivity contribution < 1.29 is 39.5 Å². The number of likely N-dealkylation sites (tertiary alicyclic amines) is 2. The number of carbonyl (C=O) groups is 2. The minimum absolute atomic E-state index is 0.261. The Hall–Kier alpha value is -1.30. The highest BCUT2D eigenvalue weighted by Crippen LogP contribution is 2.18. The number of piperidine rings is 2. The van der Waals surface area contributed by atoms with Crippen molar-refractivity contribution in [2.45, 2.75) is 50.7 Å². The molecule has 0 aromatic rings. The molecule has 2 aliphatic rings. The minimum Gasteiger partial charge on any atom is -0.481 e. The molecule has 0 bridgehead atoms. The summed E-state index contributed by atoms with van der Waals surface area (Å²) in [6, 6.07) is 0. The van der Waals surface area contributed by atoms with E-state index in [2.05, 4.69) is 9.80 Å². The largest absolute Gasteiger partial charge is 0.481 e. The van der Waals surface area contributed by atoms with Gasteiger partial charge in [0.05, 0.1) is 37.3 Å². The third-order valence-electron chi connectivity index (χ3n) is 6.26. The van der Waals surface area contributed by atoms with E-state index in [1.807, 2.05) is 0 Å². The summed E-state index contributed by atoms with van der Waals surface area (Å²) < 4.78 is 11.1. The van der Waals surface area contributed by atoms with Crippen molar-refractivity contribution in [3.63, 3.8) is 0 Å². The molecule has 0 radical (unpaired) electrons. The lowest BCUT2D eigenvalue weighted by Crippen LogP contribution is -2.41. The number of rotatable bonds is 15. The molecule has 186 valence electrons. The number of aliphatic carboxylic acids is 2. The van der Waals surface area contributed by atoms with E-state index in [0.29, 0.717) is 78.2 Å². The summed E-state index contributed by atoms with van der Waals surface area (Å²) in [6.45, 7) is 5.35. The smallest absolute Gasteiger partial charge is 0.306 e. The molecule has 10 heteroatoms. The van der Waals surface area contributed by atoms with Crippen LogP contribution < -0.4 is 0 Å². The van der Waals surface area contributed by atoms with Crippen molar-refractivity contribution in [3.05, 3.63) is 0 Å². The van der Waals surface area contributed by atoms with Gasteiger partial charge < -0.3 is 39.7 Å². The maximum atomic E-state index is 11.0. The number of ether oxygens (including phenoxy) is 2. The first kappa shape index (κ1) is 26.9. The third kappa shape index (κ3) is 10.5. The molecule has 0 saturated carbocycles. The van der Waals surface area contributed by atoms with Gasteiger partial charge in [0.25, 0.3) is 0 Å².